The maximum atomic E-state index is 11.3. The van der Waals surface area contributed by atoms with Gasteiger partial charge in [-0.3, -0.25) is 0 Å². The van der Waals surface area contributed by atoms with Gasteiger partial charge in [-0.05, 0) is 36.4 Å². The second kappa shape index (κ2) is 5.01. The Morgan fingerprint density at radius 3 is 2.68 bits per heavy atom. The number of carbonyl (C=O) groups is 1. The smallest absolute Gasteiger partial charge is 0.339 e. The highest BCUT2D eigenvalue weighted by Gasteiger charge is 2.21. The molecule has 19 heavy (non-hydrogen) atoms. The molecule has 5 heteroatoms. The van der Waals surface area contributed by atoms with Crippen LogP contribution in [0.4, 0.5) is 5.82 Å². The van der Waals surface area contributed by atoms with E-state index >= 15 is 0 Å². The van der Waals surface area contributed by atoms with Crippen LogP contribution in [-0.2, 0) is 0 Å². The summed E-state index contributed by atoms with van der Waals surface area (Å²) in [4.78, 5) is 18.0. The standard InChI is InChI=1S/C14H14N2O2S/c17-14(18)11-3-4-12(10-5-8-19-9-10)15-13(11)16-6-1-2-7-16/h3-5,8-9H,1-2,6-7H2,(H,17,18). The summed E-state index contributed by atoms with van der Waals surface area (Å²) < 4.78 is 0. The van der Waals surface area contributed by atoms with Crippen LogP contribution in [-0.4, -0.2) is 29.1 Å². The van der Waals surface area contributed by atoms with Crippen LogP contribution in [0.1, 0.15) is 23.2 Å². The van der Waals surface area contributed by atoms with Gasteiger partial charge in [-0.1, -0.05) is 0 Å². The van der Waals surface area contributed by atoms with Crippen molar-refractivity contribution in [3.05, 3.63) is 34.5 Å². The van der Waals surface area contributed by atoms with Gasteiger partial charge in [-0.25, -0.2) is 9.78 Å². The molecule has 2 aromatic rings. The number of carboxylic acids is 1. The molecule has 0 aliphatic carbocycles. The van der Waals surface area contributed by atoms with Crippen LogP contribution in [0, 0.1) is 0 Å². The van der Waals surface area contributed by atoms with Crippen molar-refractivity contribution in [3.8, 4) is 11.3 Å². The van der Waals surface area contributed by atoms with E-state index in [1.54, 1.807) is 23.5 Å². The van der Waals surface area contributed by atoms with Crippen molar-refractivity contribution >= 4 is 23.1 Å². The molecule has 1 fully saturated rings. The summed E-state index contributed by atoms with van der Waals surface area (Å²) in [7, 11) is 0. The molecule has 3 rings (SSSR count). The Bertz CT molecular complexity index is 589. The molecule has 1 saturated heterocycles. The fraction of sp³-hybridized carbons (Fsp3) is 0.286. The normalized spacial score (nSPS) is 14.8. The number of pyridine rings is 1. The highest BCUT2D eigenvalue weighted by atomic mass is 32.1. The van der Waals surface area contributed by atoms with E-state index in [-0.39, 0.29) is 0 Å². The molecule has 0 radical (unpaired) electrons. The van der Waals surface area contributed by atoms with Gasteiger partial charge in [-0.15, -0.1) is 0 Å². The SMILES string of the molecule is O=C(O)c1ccc(-c2ccsc2)nc1N1CCCC1. The quantitative estimate of drug-likeness (QED) is 0.934. The highest BCUT2D eigenvalue weighted by Crippen LogP contribution is 2.27. The van der Waals surface area contributed by atoms with Crippen molar-refractivity contribution in [1.29, 1.82) is 0 Å². The molecule has 0 unspecified atom stereocenters. The van der Waals surface area contributed by atoms with Crippen LogP contribution < -0.4 is 4.90 Å². The van der Waals surface area contributed by atoms with Crippen LogP contribution in [0.25, 0.3) is 11.3 Å². The second-order valence-corrected chi connectivity index (χ2v) is 5.36. The van der Waals surface area contributed by atoms with Crippen LogP contribution >= 0.6 is 11.3 Å². The van der Waals surface area contributed by atoms with Crippen molar-refractivity contribution in [2.75, 3.05) is 18.0 Å². The molecule has 4 nitrogen and oxygen atoms in total. The summed E-state index contributed by atoms with van der Waals surface area (Å²) in [5.41, 5.74) is 2.18. The number of hydrogen-bond donors (Lipinski definition) is 1. The van der Waals surface area contributed by atoms with Crippen molar-refractivity contribution in [3.63, 3.8) is 0 Å². The zero-order chi connectivity index (χ0) is 13.2. The maximum Gasteiger partial charge on any atom is 0.339 e. The van der Waals surface area contributed by atoms with E-state index in [9.17, 15) is 9.90 Å². The average molecular weight is 274 g/mol. The number of rotatable bonds is 3. The first-order valence-corrected chi connectivity index (χ1v) is 7.22. The Morgan fingerprint density at radius 1 is 1.26 bits per heavy atom. The highest BCUT2D eigenvalue weighted by molar-refractivity contribution is 7.08. The summed E-state index contributed by atoms with van der Waals surface area (Å²) in [6, 6.07) is 5.45. The van der Waals surface area contributed by atoms with Crippen LogP contribution in [0.2, 0.25) is 0 Å². The molecule has 0 spiro atoms. The van der Waals surface area contributed by atoms with Crippen molar-refractivity contribution in [2.24, 2.45) is 0 Å². The molecular weight excluding hydrogens is 260 g/mol. The van der Waals surface area contributed by atoms with Crippen molar-refractivity contribution in [2.45, 2.75) is 12.8 Å². The van der Waals surface area contributed by atoms with E-state index in [2.05, 4.69) is 9.88 Å². The van der Waals surface area contributed by atoms with Gasteiger partial charge in [0.05, 0.1) is 5.69 Å². The molecule has 3 heterocycles. The molecule has 0 amide bonds. The van der Waals surface area contributed by atoms with E-state index in [0.717, 1.165) is 37.2 Å². The number of aromatic nitrogens is 1. The number of anilines is 1. The van der Waals surface area contributed by atoms with Gasteiger partial charge in [0.25, 0.3) is 0 Å². The second-order valence-electron chi connectivity index (χ2n) is 4.58. The minimum atomic E-state index is -0.911. The Balaban J connectivity index is 2.06. The largest absolute Gasteiger partial charge is 0.478 e. The Morgan fingerprint density at radius 2 is 2.05 bits per heavy atom. The molecule has 0 aromatic carbocycles. The van der Waals surface area contributed by atoms with Gasteiger partial charge in [0.1, 0.15) is 11.4 Å². The lowest BCUT2D eigenvalue weighted by atomic mass is 10.1. The first kappa shape index (κ1) is 12.2. The number of hydrogen-bond acceptors (Lipinski definition) is 4. The molecule has 1 aliphatic rings. The molecule has 0 bridgehead atoms. The number of thiophene rings is 1. The van der Waals surface area contributed by atoms with E-state index < -0.39 is 5.97 Å². The van der Waals surface area contributed by atoms with Crippen LogP contribution in [0.5, 0.6) is 0 Å². The lowest BCUT2D eigenvalue weighted by Crippen LogP contribution is -2.22. The van der Waals surface area contributed by atoms with E-state index in [1.807, 2.05) is 16.8 Å². The van der Waals surface area contributed by atoms with Crippen molar-refractivity contribution < 1.29 is 9.90 Å². The predicted octanol–water partition coefficient (Wildman–Crippen LogP) is 3.11. The topological polar surface area (TPSA) is 53.4 Å². The summed E-state index contributed by atoms with van der Waals surface area (Å²) in [6.07, 6.45) is 2.20. The Labute approximate surface area is 115 Å². The fourth-order valence-corrected chi connectivity index (χ4v) is 3.01. The summed E-state index contributed by atoms with van der Waals surface area (Å²) in [5, 5.41) is 13.3. The minimum Gasteiger partial charge on any atom is -0.478 e. The molecule has 0 saturated carbocycles. The minimum absolute atomic E-state index is 0.292. The lowest BCUT2D eigenvalue weighted by molar-refractivity contribution is 0.0697. The van der Waals surface area contributed by atoms with E-state index in [0.29, 0.717) is 11.4 Å². The first-order chi connectivity index (χ1) is 9.25. The predicted molar refractivity (Wildman–Crippen MR) is 76.0 cm³/mol. The van der Waals surface area contributed by atoms with Gasteiger partial charge in [0.2, 0.25) is 0 Å². The average Bonchev–Trinajstić information content (AvgIpc) is 3.11. The molecule has 0 atom stereocenters. The Hall–Kier alpha value is -1.88. The van der Waals surface area contributed by atoms with Gasteiger partial charge in [-0.2, -0.15) is 11.3 Å². The third-order valence-electron chi connectivity index (χ3n) is 3.33. The third kappa shape index (κ3) is 2.33. The van der Waals surface area contributed by atoms with Gasteiger partial charge >= 0.3 is 5.97 Å². The van der Waals surface area contributed by atoms with Crippen LogP contribution in [0.15, 0.2) is 29.0 Å². The first-order valence-electron chi connectivity index (χ1n) is 6.27. The van der Waals surface area contributed by atoms with Gasteiger partial charge in [0, 0.05) is 24.0 Å². The monoisotopic (exact) mass is 274 g/mol. The van der Waals surface area contributed by atoms with Crippen LogP contribution in [0.3, 0.4) is 0 Å². The molecule has 98 valence electrons. The van der Waals surface area contributed by atoms with E-state index in [4.69, 9.17) is 0 Å². The molecular formula is C14H14N2O2S. The Kier molecular flexibility index (Phi) is 3.21. The van der Waals surface area contributed by atoms with E-state index in [1.165, 1.54) is 0 Å². The zero-order valence-corrected chi connectivity index (χ0v) is 11.2. The summed E-state index contributed by atoms with van der Waals surface area (Å²) >= 11 is 1.61. The molecule has 2 aromatic heterocycles. The maximum absolute atomic E-state index is 11.3. The zero-order valence-electron chi connectivity index (χ0n) is 10.4. The fourth-order valence-electron chi connectivity index (χ4n) is 2.36. The number of carboxylic acid groups (broad SMARTS) is 1. The number of nitrogens with zero attached hydrogens (tertiary/aromatic N) is 2. The lowest BCUT2D eigenvalue weighted by Gasteiger charge is -2.19. The summed E-state index contributed by atoms with van der Waals surface area (Å²) in [5.74, 6) is -0.306. The molecule has 1 N–H and O–H groups in total. The third-order valence-corrected chi connectivity index (χ3v) is 4.01. The summed E-state index contributed by atoms with van der Waals surface area (Å²) in [6.45, 7) is 1.78. The molecule has 1 aliphatic heterocycles. The van der Waals surface area contributed by atoms with Crippen molar-refractivity contribution in [1.82, 2.24) is 4.98 Å². The van der Waals surface area contributed by atoms with Gasteiger partial charge < -0.3 is 10.0 Å². The number of aromatic carboxylic acids is 1. The van der Waals surface area contributed by atoms with Gasteiger partial charge in [0.15, 0.2) is 0 Å².